The molecule has 0 unspecified atom stereocenters. The summed E-state index contributed by atoms with van der Waals surface area (Å²) < 4.78 is 1.03. The highest BCUT2D eigenvalue weighted by atomic mass is 127. The first-order valence-corrected chi connectivity index (χ1v) is 5.30. The van der Waals surface area contributed by atoms with Crippen molar-refractivity contribution in [3.63, 3.8) is 0 Å². The molecular weight excluding hydrogens is 312 g/mol. The van der Waals surface area contributed by atoms with E-state index in [4.69, 9.17) is 11.6 Å². The average molecular weight is 318 g/mol. The normalized spacial score (nSPS) is 10.1. The van der Waals surface area contributed by atoms with E-state index in [9.17, 15) is 0 Å². The number of hydrogen-bond acceptors (Lipinski definition) is 3. The van der Waals surface area contributed by atoms with Crippen molar-refractivity contribution < 1.29 is 0 Å². The van der Waals surface area contributed by atoms with Gasteiger partial charge in [0.25, 0.3) is 0 Å². The first-order chi connectivity index (χ1) is 6.77. The Kier molecular flexibility index (Phi) is 2.93. The van der Waals surface area contributed by atoms with Gasteiger partial charge in [-0.25, -0.2) is 15.0 Å². The third kappa shape index (κ3) is 2.01. The van der Waals surface area contributed by atoms with Gasteiger partial charge in [0.2, 0.25) is 0 Å². The molecule has 0 aromatic carbocycles. The van der Waals surface area contributed by atoms with Crippen molar-refractivity contribution in [2.75, 3.05) is 0 Å². The van der Waals surface area contributed by atoms with E-state index in [0.717, 1.165) is 14.8 Å². The van der Waals surface area contributed by atoms with Gasteiger partial charge in [-0.3, -0.25) is 0 Å². The maximum absolute atomic E-state index is 5.96. The Morgan fingerprint density at radius 3 is 2.86 bits per heavy atom. The van der Waals surface area contributed by atoms with Gasteiger partial charge in [-0.1, -0.05) is 11.6 Å². The third-order valence-electron chi connectivity index (χ3n) is 1.66. The van der Waals surface area contributed by atoms with E-state index in [2.05, 4.69) is 37.5 Å². The topological polar surface area (TPSA) is 38.7 Å². The molecule has 2 aromatic rings. The Labute approximate surface area is 99.7 Å². The van der Waals surface area contributed by atoms with Gasteiger partial charge >= 0.3 is 0 Å². The van der Waals surface area contributed by atoms with Crippen LogP contribution in [-0.4, -0.2) is 15.0 Å². The summed E-state index contributed by atoms with van der Waals surface area (Å²) in [6, 6.07) is 3.75. The molecule has 2 aromatic heterocycles. The lowest BCUT2D eigenvalue weighted by atomic mass is 10.2. The second-order valence-corrected chi connectivity index (χ2v) is 4.19. The molecule has 0 spiro atoms. The summed E-state index contributed by atoms with van der Waals surface area (Å²) in [6.45, 7) is 0. The molecule has 0 aliphatic heterocycles. The molecule has 0 amide bonds. The number of pyridine rings is 1. The van der Waals surface area contributed by atoms with Gasteiger partial charge in [-0.2, -0.15) is 0 Å². The van der Waals surface area contributed by atoms with Crippen LogP contribution in [0.15, 0.2) is 30.9 Å². The second-order valence-electron chi connectivity index (χ2n) is 2.59. The molecule has 0 radical (unpaired) electrons. The molecule has 0 saturated carbocycles. The Hall–Kier alpha value is -0.750. The Morgan fingerprint density at radius 1 is 1.29 bits per heavy atom. The zero-order valence-electron chi connectivity index (χ0n) is 6.98. The molecule has 0 N–H and O–H groups in total. The van der Waals surface area contributed by atoms with E-state index in [1.807, 2.05) is 6.07 Å². The minimum Gasteiger partial charge on any atom is -0.245 e. The van der Waals surface area contributed by atoms with Crippen molar-refractivity contribution in [3.05, 3.63) is 39.6 Å². The molecule has 5 heteroatoms. The smallest absolute Gasteiger partial charge is 0.138 e. The van der Waals surface area contributed by atoms with Gasteiger partial charge in [-0.15, -0.1) is 0 Å². The van der Waals surface area contributed by atoms with Crippen LogP contribution in [0.1, 0.15) is 0 Å². The second kappa shape index (κ2) is 4.18. The quantitative estimate of drug-likeness (QED) is 0.600. The largest absolute Gasteiger partial charge is 0.245 e. The molecule has 0 saturated heterocycles. The van der Waals surface area contributed by atoms with Crippen LogP contribution in [0.4, 0.5) is 0 Å². The van der Waals surface area contributed by atoms with Gasteiger partial charge in [0.05, 0.1) is 5.69 Å². The van der Waals surface area contributed by atoms with E-state index in [-0.39, 0.29) is 0 Å². The summed E-state index contributed by atoms with van der Waals surface area (Å²) >= 11 is 8.14. The fourth-order valence-corrected chi connectivity index (χ4v) is 1.70. The molecule has 0 bridgehead atoms. The van der Waals surface area contributed by atoms with Gasteiger partial charge in [0.1, 0.15) is 11.5 Å². The van der Waals surface area contributed by atoms with Crippen LogP contribution in [0.5, 0.6) is 0 Å². The lowest BCUT2D eigenvalue weighted by molar-refractivity contribution is 1.16. The van der Waals surface area contributed by atoms with Crippen LogP contribution in [0.3, 0.4) is 0 Å². The van der Waals surface area contributed by atoms with Gasteiger partial charge < -0.3 is 0 Å². The van der Waals surface area contributed by atoms with E-state index in [0.29, 0.717) is 5.15 Å². The van der Waals surface area contributed by atoms with Crippen LogP contribution in [0.25, 0.3) is 11.3 Å². The average Bonchev–Trinajstić information content (AvgIpc) is 2.23. The highest BCUT2D eigenvalue weighted by molar-refractivity contribution is 14.1. The van der Waals surface area contributed by atoms with Crippen LogP contribution < -0.4 is 0 Å². The molecule has 0 fully saturated rings. The van der Waals surface area contributed by atoms with Crippen LogP contribution in [-0.2, 0) is 0 Å². The third-order valence-corrected chi connectivity index (χ3v) is 2.55. The summed E-state index contributed by atoms with van der Waals surface area (Å²) in [5, 5.41) is 0.462. The van der Waals surface area contributed by atoms with Crippen LogP contribution >= 0.6 is 34.2 Å². The van der Waals surface area contributed by atoms with Crippen molar-refractivity contribution in [1.82, 2.24) is 15.0 Å². The Morgan fingerprint density at radius 2 is 2.14 bits per heavy atom. The molecule has 70 valence electrons. The van der Waals surface area contributed by atoms with Crippen LogP contribution in [0.2, 0.25) is 5.15 Å². The lowest BCUT2D eigenvalue weighted by Crippen LogP contribution is -1.88. The number of rotatable bonds is 1. The number of hydrogen-bond donors (Lipinski definition) is 0. The fourth-order valence-electron chi connectivity index (χ4n) is 1.05. The van der Waals surface area contributed by atoms with Gasteiger partial charge in [-0.05, 0) is 34.7 Å². The summed E-state index contributed by atoms with van der Waals surface area (Å²) in [5.41, 5.74) is 1.62. The first kappa shape index (κ1) is 9.79. The maximum atomic E-state index is 5.96. The van der Waals surface area contributed by atoms with Crippen molar-refractivity contribution in [2.24, 2.45) is 0 Å². The zero-order valence-corrected chi connectivity index (χ0v) is 9.90. The van der Waals surface area contributed by atoms with Gasteiger partial charge in [0, 0.05) is 21.5 Å². The lowest BCUT2D eigenvalue weighted by Gasteiger charge is -2.02. The minimum atomic E-state index is 0.462. The Bertz CT molecular complexity index is 447. The molecule has 2 rings (SSSR count). The van der Waals surface area contributed by atoms with E-state index >= 15 is 0 Å². The summed E-state index contributed by atoms with van der Waals surface area (Å²) in [6.07, 6.45) is 4.89. The Balaban J connectivity index is 2.57. The van der Waals surface area contributed by atoms with Crippen molar-refractivity contribution in [3.8, 4) is 11.3 Å². The van der Waals surface area contributed by atoms with Gasteiger partial charge in [0.15, 0.2) is 0 Å². The molecule has 0 aliphatic carbocycles. The molecule has 14 heavy (non-hydrogen) atoms. The molecule has 2 heterocycles. The predicted molar refractivity (Wildman–Crippen MR) is 63.0 cm³/mol. The monoisotopic (exact) mass is 317 g/mol. The van der Waals surface area contributed by atoms with Crippen LogP contribution in [0, 0.1) is 3.57 Å². The van der Waals surface area contributed by atoms with E-state index in [1.54, 1.807) is 18.5 Å². The minimum absolute atomic E-state index is 0.462. The van der Waals surface area contributed by atoms with E-state index in [1.165, 1.54) is 6.33 Å². The summed E-state index contributed by atoms with van der Waals surface area (Å²) in [7, 11) is 0. The van der Waals surface area contributed by atoms with E-state index < -0.39 is 0 Å². The molecular formula is C9H5ClIN3. The zero-order chi connectivity index (χ0) is 9.97. The maximum Gasteiger partial charge on any atom is 0.138 e. The molecule has 3 nitrogen and oxygen atoms in total. The predicted octanol–water partition coefficient (Wildman–Crippen LogP) is 2.80. The SMILES string of the molecule is Clc1ncc(I)cc1-c1ccncn1. The van der Waals surface area contributed by atoms with Crippen molar-refractivity contribution >= 4 is 34.2 Å². The first-order valence-electron chi connectivity index (χ1n) is 3.85. The standard InChI is InChI=1S/C9H5ClIN3/c10-9-7(3-6(11)4-13-9)8-1-2-12-5-14-8/h1-5H. The fraction of sp³-hybridized carbons (Fsp3) is 0. The summed E-state index contributed by atoms with van der Waals surface area (Å²) in [5.74, 6) is 0. The number of halogens is 2. The molecule has 0 aliphatic rings. The highest BCUT2D eigenvalue weighted by Crippen LogP contribution is 2.25. The van der Waals surface area contributed by atoms with Crippen molar-refractivity contribution in [2.45, 2.75) is 0 Å². The highest BCUT2D eigenvalue weighted by Gasteiger charge is 2.05. The number of nitrogens with zero attached hydrogens (tertiary/aromatic N) is 3. The number of aromatic nitrogens is 3. The van der Waals surface area contributed by atoms with Crippen molar-refractivity contribution in [1.29, 1.82) is 0 Å². The molecule has 0 atom stereocenters. The summed E-state index contributed by atoms with van der Waals surface area (Å²) in [4.78, 5) is 12.0.